The van der Waals surface area contributed by atoms with Crippen LogP contribution in [0.5, 0.6) is 0 Å². The van der Waals surface area contributed by atoms with Crippen LogP contribution < -0.4 is 10.6 Å². The van der Waals surface area contributed by atoms with E-state index in [1.54, 1.807) is 0 Å². The van der Waals surface area contributed by atoms with Gasteiger partial charge >= 0.3 is 0 Å². The lowest BCUT2D eigenvalue weighted by Crippen LogP contribution is -2.36. The second kappa shape index (κ2) is 7.25. The van der Waals surface area contributed by atoms with Crippen molar-refractivity contribution in [2.75, 3.05) is 51.7 Å². The summed E-state index contributed by atoms with van der Waals surface area (Å²) in [7, 11) is 4.23. The number of nitrogens with zero attached hydrogens (tertiary/aromatic N) is 3. The molecule has 0 bridgehead atoms. The van der Waals surface area contributed by atoms with Crippen LogP contribution in [0.25, 0.3) is 0 Å². The van der Waals surface area contributed by atoms with Crippen molar-refractivity contribution in [3.05, 3.63) is 29.3 Å². The van der Waals surface area contributed by atoms with Crippen LogP contribution in [0.2, 0.25) is 0 Å². The zero-order valence-electron chi connectivity index (χ0n) is 14.0. The highest BCUT2D eigenvalue weighted by atomic mass is 15.2. The Morgan fingerprint density at radius 3 is 2.52 bits per heavy atom. The molecule has 2 N–H and O–H groups in total. The standard InChI is InChI=1S/C17H30N4/c1-5-20(6-2)10-11-21-13-15-14(17(21)12-18)8-7-9-16(15)19(3)4/h7-9,17H,5-6,10-13,18H2,1-4H3. The van der Waals surface area contributed by atoms with E-state index in [4.69, 9.17) is 5.73 Å². The minimum atomic E-state index is 0.371. The molecular weight excluding hydrogens is 260 g/mol. The Balaban J connectivity index is 2.15. The molecule has 1 aromatic rings. The smallest absolute Gasteiger partial charge is 0.0478 e. The van der Waals surface area contributed by atoms with Crippen LogP contribution in [0.4, 0.5) is 5.69 Å². The lowest BCUT2D eigenvalue weighted by Gasteiger charge is -2.27. The van der Waals surface area contributed by atoms with Crippen molar-refractivity contribution in [1.29, 1.82) is 0 Å². The third-order valence-corrected chi connectivity index (χ3v) is 4.65. The Morgan fingerprint density at radius 1 is 1.24 bits per heavy atom. The van der Waals surface area contributed by atoms with Crippen molar-refractivity contribution < 1.29 is 0 Å². The van der Waals surface area contributed by atoms with Gasteiger partial charge in [-0.1, -0.05) is 26.0 Å². The number of nitrogens with two attached hydrogens (primary N) is 1. The Morgan fingerprint density at radius 2 is 1.95 bits per heavy atom. The zero-order chi connectivity index (χ0) is 15.4. The second-order valence-electron chi connectivity index (χ2n) is 5.99. The van der Waals surface area contributed by atoms with Gasteiger partial charge in [-0.25, -0.2) is 0 Å². The number of likely N-dealkylation sites (N-methyl/N-ethyl adjacent to an activating group) is 1. The molecule has 0 spiro atoms. The molecule has 1 heterocycles. The maximum Gasteiger partial charge on any atom is 0.0478 e. The van der Waals surface area contributed by atoms with Crippen LogP contribution in [-0.4, -0.2) is 56.6 Å². The Labute approximate surface area is 129 Å². The summed E-state index contributed by atoms with van der Waals surface area (Å²) in [6, 6.07) is 6.98. The molecule has 1 unspecified atom stereocenters. The minimum Gasteiger partial charge on any atom is -0.377 e. The molecule has 0 aliphatic carbocycles. The topological polar surface area (TPSA) is 35.7 Å². The molecule has 1 aliphatic heterocycles. The van der Waals surface area contributed by atoms with Gasteiger partial charge in [0, 0.05) is 52.0 Å². The third-order valence-electron chi connectivity index (χ3n) is 4.65. The lowest BCUT2D eigenvalue weighted by molar-refractivity contribution is 0.180. The molecule has 1 aliphatic rings. The summed E-state index contributed by atoms with van der Waals surface area (Å²) in [5.41, 5.74) is 10.3. The third kappa shape index (κ3) is 3.39. The first-order valence-corrected chi connectivity index (χ1v) is 8.07. The number of hydrogen-bond donors (Lipinski definition) is 1. The fourth-order valence-electron chi connectivity index (χ4n) is 3.33. The molecular formula is C17H30N4. The number of rotatable bonds is 7. The lowest BCUT2D eigenvalue weighted by atomic mass is 10.0. The van der Waals surface area contributed by atoms with E-state index in [1.165, 1.54) is 16.8 Å². The average molecular weight is 290 g/mol. The van der Waals surface area contributed by atoms with E-state index >= 15 is 0 Å². The van der Waals surface area contributed by atoms with Gasteiger partial charge in [-0.3, -0.25) is 4.90 Å². The van der Waals surface area contributed by atoms with Gasteiger partial charge in [0.2, 0.25) is 0 Å². The minimum absolute atomic E-state index is 0.371. The van der Waals surface area contributed by atoms with E-state index in [2.05, 4.69) is 60.8 Å². The summed E-state index contributed by atoms with van der Waals surface area (Å²) >= 11 is 0. The normalized spacial score (nSPS) is 18.3. The maximum absolute atomic E-state index is 6.07. The van der Waals surface area contributed by atoms with E-state index in [0.29, 0.717) is 12.6 Å². The SMILES string of the molecule is CCN(CC)CCN1Cc2c(cccc2N(C)C)C1CN. The van der Waals surface area contributed by atoms with Gasteiger partial charge in [-0.2, -0.15) is 0 Å². The van der Waals surface area contributed by atoms with Crippen LogP contribution >= 0.6 is 0 Å². The molecule has 0 aromatic heterocycles. The summed E-state index contributed by atoms with van der Waals surface area (Å²) in [5, 5.41) is 0. The molecule has 4 nitrogen and oxygen atoms in total. The van der Waals surface area contributed by atoms with Gasteiger partial charge in [0.05, 0.1) is 0 Å². The van der Waals surface area contributed by atoms with Crippen molar-refractivity contribution in [2.24, 2.45) is 5.73 Å². The van der Waals surface area contributed by atoms with E-state index in [9.17, 15) is 0 Å². The van der Waals surface area contributed by atoms with Crippen LogP contribution in [-0.2, 0) is 6.54 Å². The van der Waals surface area contributed by atoms with Crippen molar-refractivity contribution in [1.82, 2.24) is 9.80 Å². The highest BCUT2D eigenvalue weighted by Gasteiger charge is 2.30. The van der Waals surface area contributed by atoms with Gasteiger partial charge in [0.1, 0.15) is 0 Å². The molecule has 1 atom stereocenters. The van der Waals surface area contributed by atoms with Crippen LogP contribution in [0.1, 0.15) is 31.0 Å². The van der Waals surface area contributed by atoms with Crippen LogP contribution in [0, 0.1) is 0 Å². The van der Waals surface area contributed by atoms with Crippen molar-refractivity contribution in [3.8, 4) is 0 Å². The average Bonchev–Trinajstić information content (AvgIpc) is 2.85. The predicted octanol–water partition coefficient (Wildman–Crippen LogP) is 1.91. The summed E-state index contributed by atoms with van der Waals surface area (Å²) in [4.78, 5) is 7.22. The first kappa shape index (κ1) is 16.3. The highest BCUT2D eigenvalue weighted by Crippen LogP contribution is 2.37. The molecule has 0 saturated carbocycles. The second-order valence-corrected chi connectivity index (χ2v) is 5.99. The molecule has 0 amide bonds. The molecule has 0 saturated heterocycles. The van der Waals surface area contributed by atoms with Gasteiger partial charge in [0.15, 0.2) is 0 Å². The van der Waals surface area contributed by atoms with Crippen molar-refractivity contribution in [2.45, 2.75) is 26.4 Å². The number of benzene rings is 1. The Hall–Kier alpha value is -1.10. The molecule has 0 fully saturated rings. The van der Waals surface area contributed by atoms with Gasteiger partial charge in [0.25, 0.3) is 0 Å². The molecule has 2 rings (SSSR count). The first-order chi connectivity index (χ1) is 10.1. The largest absolute Gasteiger partial charge is 0.377 e. The molecule has 4 heteroatoms. The van der Waals surface area contributed by atoms with Crippen molar-refractivity contribution in [3.63, 3.8) is 0 Å². The van der Waals surface area contributed by atoms with E-state index < -0.39 is 0 Å². The quantitative estimate of drug-likeness (QED) is 0.832. The molecule has 1 aromatic carbocycles. The number of fused-ring (bicyclic) bond motifs is 1. The van der Waals surface area contributed by atoms with Gasteiger partial charge in [-0.05, 0) is 30.3 Å². The predicted molar refractivity (Wildman–Crippen MR) is 90.8 cm³/mol. The summed E-state index contributed by atoms with van der Waals surface area (Å²) < 4.78 is 0. The number of hydrogen-bond acceptors (Lipinski definition) is 4. The molecule has 21 heavy (non-hydrogen) atoms. The van der Waals surface area contributed by atoms with Crippen LogP contribution in [0.15, 0.2) is 18.2 Å². The maximum atomic E-state index is 6.07. The zero-order valence-corrected chi connectivity index (χ0v) is 14.0. The Bertz CT molecular complexity index is 454. The Kier molecular flexibility index (Phi) is 5.62. The van der Waals surface area contributed by atoms with Crippen LogP contribution in [0.3, 0.4) is 0 Å². The molecule has 0 radical (unpaired) electrons. The summed E-state index contributed by atoms with van der Waals surface area (Å²) in [6.45, 7) is 10.6. The first-order valence-electron chi connectivity index (χ1n) is 8.07. The highest BCUT2D eigenvalue weighted by molar-refractivity contribution is 5.58. The summed E-state index contributed by atoms with van der Waals surface area (Å²) in [5.74, 6) is 0. The number of anilines is 1. The van der Waals surface area contributed by atoms with Gasteiger partial charge in [-0.15, -0.1) is 0 Å². The van der Waals surface area contributed by atoms with E-state index in [-0.39, 0.29) is 0 Å². The fraction of sp³-hybridized carbons (Fsp3) is 0.647. The summed E-state index contributed by atoms with van der Waals surface area (Å²) in [6.07, 6.45) is 0. The fourth-order valence-corrected chi connectivity index (χ4v) is 3.33. The molecule has 118 valence electrons. The van der Waals surface area contributed by atoms with E-state index in [1.807, 2.05) is 0 Å². The van der Waals surface area contributed by atoms with Crippen molar-refractivity contribution >= 4 is 5.69 Å². The van der Waals surface area contributed by atoms with Gasteiger partial charge < -0.3 is 15.5 Å². The van der Waals surface area contributed by atoms with E-state index in [0.717, 1.165) is 32.7 Å². The monoisotopic (exact) mass is 290 g/mol.